The van der Waals surface area contributed by atoms with Gasteiger partial charge >= 0.3 is 0 Å². The van der Waals surface area contributed by atoms with E-state index in [1.165, 1.54) is 0 Å². The molecule has 0 bridgehead atoms. The summed E-state index contributed by atoms with van der Waals surface area (Å²) in [7, 11) is 0. The van der Waals surface area contributed by atoms with Crippen LogP contribution in [0.2, 0.25) is 0 Å². The van der Waals surface area contributed by atoms with Crippen LogP contribution in [0, 0.1) is 0 Å². The summed E-state index contributed by atoms with van der Waals surface area (Å²) in [4.78, 5) is 49.2. The molecule has 0 aromatic carbocycles. The first kappa shape index (κ1) is 65.0. The van der Waals surface area contributed by atoms with E-state index in [0.29, 0.717) is 0 Å². The minimum Gasteiger partial charge on any atom is -0.394 e. The molecule has 6 aliphatic heterocycles. The molecular weight excluding hydrogens is 1080 g/mol. The predicted octanol–water partition coefficient (Wildman–Crippen LogP) is -13.5. The fraction of sp³-hybridized carbons (Fsp3) is 0.909. The second kappa shape index (κ2) is 28.4. The number of rotatable bonds is 20. The second-order valence-corrected chi connectivity index (χ2v) is 19.7. The van der Waals surface area contributed by atoms with Gasteiger partial charge in [-0.2, -0.15) is 0 Å². The molecule has 0 aliphatic carbocycles. The van der Waals surface area contributed by atoms with Crippen LogP contribution in [0.5, 0.6) is 0 Å². The first-order valence-electron chi connectivity index (χ1n) is 25.1. The lowest BCUT2D eigenvalue weighted by molar-refractivity contribution is -0.372. The molecule has 4 amide bonds. The Morgan fingerprint density at radius 3 is 1.04 bits per heavy atom. The number of aliphatic hydroxyl groups is 16. The molecule has 20 N–H and O–H groups in total. The van der Waals surface area contributed by atoms with Gasteiger partial charge in [-0.3, -0.25) is 19.2 Å². The van der Waals surface area contributed by atoms with Crippen LogP contribution in [-0.4, -0.2) is 329 Å². The normalized spacial score (nSPS) is 46.7. The molecule has 6 heterocycles. The Balaban J connectivity index is 1.19. The van der Waals surface area contributed by atoms with Gasteiger partial charge in [0.1, 0.15) is 146 Å². The predicted molar refractivity (Wildman–Crippen MR) is 246 cm³/mol. The average molecular weight is 1160 g/mol. The van der Waals surface area contributed by atoms with E-state index in [4.69, 9.17) is 52.1 Å². The Morgan fingerprint density at radius 2 is 0.646 bits per heavy atom. The van der Waals surface area contributed by atoms with Gasteiger partial charge in [-0.25, -0.2) is 0 Å². The fourth-order valence-electron chi connectivity index (χ4n) is 10.0. The van der Waals surface area contributed by atoms with Crippen molar-refractivity contribution in [3.05, 3.63) is 0 Å². The molecule has 6 fully saturated rings. The highest BCUT2D eigenvalue weighted by atomic mass is 16.8. The zero-order valence-corrected chi connectivity index (χ0v) is 42.8. The minimum absolute atomic E-state index is 0.742. The van der Waals surface area contributed by atoms with Gasteiger partial charge in [-0.15, -0.1) is 0 Å². The molecule has 0 aromatic heterocycles. The number of nitrogens with one attached hydrogen (secondary N) is 4. The molecule has 0 aromatic rings. The molecular formula is C44H74N4O31. The highest BCUT2D eigenvalue weighted by molar-refractivity contribution is 5.74. The van der Waals surface area contributed by atoms with Crippen molar-refractivity contribution in [1.82, 2.24) is 21.3 Å². The summed E-state index contributed by atoms with van der Waals surface area (Å²) in [5.74, 6) is -3.12. The third kappa shape index (κ3) is 14.8. The Hall–Kier alpha value is -3.20. The lowest BCUT2D eigenvalue weighted by Gasteiger charge is -2.50. The number of aliphatic hydroxyl groups excluding tert-OH is 16. The summed E-state index contributed by atoms with van der Waals surface area (Å²) in [5.41, 5.74) is 0. The third-order valence-corrected chi connectivity index (χ3v) is 14.0. The summed E-state index contributed by atoms with van der Waals surface area (Å²) < 4.78 is 63.4. The van der Waals surface area contributed by atoms with Crippen molar-refractivity contribution in [3.63, 3.8) is 0 Å². The van der Waals surface area contributed by atoms with Gasteiger partial charge in [0.25, 0.3) is 0 Å². The van der Waals surface area contributed by atoms with Gasteiger partial charge in [-0.05, 0) is 0 Å². The van der Waals surface area contributed by atoms with E-state index in [-0.39, 0.29) is 0 Å². The zero-order chi connectivity index (χ0) is 58.5. The summed E-state index contributed by atoms with van der Waals surface area (Å²) in [6, 6.07) is -6.55. The molecule has 35 nitrogen and oxygen atoms in total. The van der Waals surface area contributed by atoms with Crippen LogP contribution in [0.4, 0.5) is 0 Å². The number of amides is 4. The zero-order valence-electron chi connectivity index (χ0n) is 42.8. The van der Waals surface area contributed by atoms with Crippen molar-refractivity contribution in [3.8, 4) is 0 Å². The Bertz CT molecular complexity index is 1990. The molecule has 35 heteroatoms. The van der Waals surface area contributed by atoms with Gasteiger partial charge < -0.3 is 155 Å². The van der Waals surface area contributed by atoms with Crippen molar-refractivity contribution in [2.75, 3.05) is 39.6 Å². The lowest BCUT2D eigenvalue weighted by atomic mass is 9.94. The number of hydrogen-bond acceptors (Lipinski definition) is 31. The largest absolute Gasteiger partial charge is 0.394 e. The van der Waals surface area contributed by atoms with Gasteiger partial charge in [0.05, 0.1) is 39.6 Å². The molecule has 456 valence electrons. The van der Waals surface area contributed by atoms with Crippen molar-refractivity contribution in [2.24, 2.45) is 0 Å². The quantitative estimate of drug-likeness (QED) is 0.0538. The monoisotopic (exact) mass is 1150 g/mol. The van der Waals surface area contributed by atoms with E-state index in [0.717, 1.165) is 27.7 Å². The number of carbonyl (C=O) groups excluding carboxylic acids is 4. The highest BCUT2D eigenvalue weighted by Crippen LogP contribution is 2.36. The van der Waals surface area contributed by atoms with E-state index in [2.05, 4.69) is 21.3 Å². The Labute approximate surface area is 448 Å². The van der Waals surface area contributed by atoms with Gasteiger partial charge in [0.15, 0.2) is 37.7 Å². The molecule has 6 rings (SSSR count). The molecule has 0 radical (unpaired) electrons. The van der Waals surface area contributed by atoms with Crippen LogP contribution in [-0.2, 0) is 71.3 Å². The molecule has 6 saturated heterocycles. The number of carbonyl (C=O) groups is 4. The third-order valence-electron chi connectivity index (χ3n) is 14.0. The summed E-state index contributed by atoms with van der Waals surface area (Å²) in [5, 5.41) is 183. The first-order valence-corrected chi connectivity index (χ1v) is 25.1. The van der Waals surface area contributed by atoms with Crippen LogP contribution < -0.4 is 21.3 Å². The fourth-order valence-corrected chi connectivity index (χ4v) is 10.0. The number of hydrogen-bond donors (Lipinski definition) is 20. The molecule has 6 aliphatic rings. The minimum atomic E-state index is -2.16. The maximum Gasteiger partial charge on any atom is 0.217 e. The highest BCUT2D eigenvalue weighted by Gasteiger charge is 2.57. The Morgan fingerprint density at radius 1 is 0.329 bits per heavy atom. The molecule has 79 heavy (non-hydrogen) atoms. The molecule has 30 atom stereocenters. The number of ether oxygens (including phenoxy) is 11. The summed E-state index contributed by atoms with van der Waals surface area (Å²) in [6.07, 6.45) is -48.3. The summed E-state index contributed by atoms with van der Waals surface area (Å²) >= 11 is 0. The van der Waals surface area contributed by atoms with Gasteiger partial charge in [-0.1, -0.05) is 0 Å². The van der Waals surface area contributed by atoms with E-state index in [1.807, 2.05) is 0 Å². The SMILES string of the molecule is CC(=O)N[C@@H]1[C@@H](O[C@@H]2O[C@H](CO)[C@H](O)[C@H](O[C@@H]3O[C@H](CO)[C@H](O)[C@H](O)[C@H]3NC(C)=O)[C@H]2O)[C@@H](O)[C@@H](CO[C@@H]2O[C@H](CO)[C@@H](O[C@@H]3O[C@H](CO)[C@H](O)[C@H](O[C@@H]4O[C@H](CO)[C@H](O)[C@H](O)[C@H]4NC(C)=O)[C@H]3O)[C@H](O)[C@H]2NC(C)=O)O[C@@H]1O. The van der Waals surface area contributed by atoms with Crippen LogP contribution in [0.15, 0.2) is 0 Å². The molecule has 0 unspecified atom stereocenters. The Kier molecular flexibility index (Phi) is 23.3. The van der Waals surface area contributed by atoms with Crippen LogP contribution >= 0.6 is 0 Å². The molecule has 0 saturated carbocycles. The maximum atomic E-state index is 12.6. The van der Waals surface area contributed by atoms with Crippen molar-refractivity contribution in [2.45, 2.75) is 212 Å². The first-order chi connectivity index (χ1) is 37.3. The van der Waals surface area contributed by atoms with E-state index in [9.17, 15) is 101 Å². The van der Waals surface area contributed by atoms with Crippen LogP contribution in [0.25, 0.3) is 0 Å². The lowest BCUT2D eigenvalue weighted by Crippen LogP contribution is -2.70. The van der Waals surface area contributed by atoms with E-state index >= 15 is 0 Å². The van der Waals surface area contributed by atoms with Crippen molar-refractivity contribution < 1.29 is 153 Å². The summed E-state index contributed by atoms with van der Waals surface area (Å²) in [6.45, 7) is -1.42. The van der Waals surface area contributed by atoms with Crippen LogP contribution in [0.1, 0.15) is 27.7 Å². The maximum absolute atomic E-state index is 12.6. The molecule has 0 spiro atoms. The van der Waals surface area contributed by atoms with Crippen molar-refractivity contribution >= 4 is 23.6 Å². The topological polar surface area (TPSA) is 542 Å². The van der Waals surface area contributed by atoms with Crippen molar-refractivity contribution in [1.29, 1.82) is 0 Å². The standard InChI is InChI=1S/C44H74N4O31/c1-11(54)45-21-30(63)25(58)15(5-49)71-41(21)78-37-27(60)17(7-51)73-43(33(37)66)76-35-19(9-53)75-40(23(32(35)65)47-13(3)56)69-10-20-29(62)36(24(39(68)70-20)48-14(4)57)77-44-34(67)38(28(61)18(8-52)74-44)79-42-22(46-12(2)55)31(64)26(59)16(6-50)72-42/h15-44,49-53,58-68H,5-10H2,1-4H3,(H,45,54)(H,46,55)(H,47,56)(H,48,57)/t15-,16-,17-,18-,19-,20-,21-,22-,23-,24-,25+,26+,27+,28+,29+,30-,31-,32-,33-,34-,35-,36-,37+,38+,39+,40-,41+,42+,43+,44+/m1/s1. The van der Waals surface area contributed by atoms with Gasteiger partial charge in [0, 0.05) is 27.7 Å². The van der Waals surface area contributed by atoms with E-state index in [1.54, 1.807) is 0 Å². The van der Waals surface area contributed by atoms with Gasteiger partial charge in [0.2, 0.25) is 23.6 Å². The van der Waals surface area contributed by atoms with Crippen LogP contribution in [0.3, 0.4) is 0 Å². The van der Waals surface area contributed by atoms with E-state index < -0.39 is 247 Å². The average Bonchev–Trinajstić information content (AvgIpc) is 3.48. The smallest absolute Gasteiger partial charge is 0.217 e. The second-order valence-electron chi connectivity index (χ2n) is 19.7.